The molecule has 0 bridgehead atoms. The Hall–Kier alpha value is -1.71. The van der Waals surface area contributed by atoms with Crippen molar-refractivity contribution in [3.63, 3.8) is 0 Å². The number of nitrogens with zero attached hydrogens (tertiary/aromatic N) is 3. The summed E-state index contributed by atoms with van der Waals surface area (Å²) in [5.41, 5.74) is 0.835. The Morgan fingerprint density at radius 2 is 1.80 bits per heavy atom. The van der Waals surface area contributed by atoms with Crippen molar-refractivity contribution >= 4 is 32.8 Å². The number of rotatable bonds is 8. The van der Waals surface area contributed by atoms with Crippen molar-refractivity contribution in [1.82, 2.24) is 9.80 Å². The van der Waals surface area contributed by atoms with Gasteiger partial charge in [0.15, 0.2) is 0 Å². The second-order valence-corrected chi connectivity index (χ2v) is 10.6. The Bertz CT molecular complexity index is 977. The molecule has 3 nitrogen and oxygen atoms in total. The minimum absolute atomic E-state index is 0.295. The third kappa shape index (κ3) is 4.48. The Morgan fingerprint density at radius 3 is 2.50 bits per heavy atom. The van der Waals surface area contributed by atoms with Crippen LogP contribution in [-0.4, -0.2) is 42.5 Å². The number of benzene rings is 1. The van der Waals surface area contributed by atoms with Crippen LogP contribution < -0.4 is 0 Å². The van der Waals surface area contributed by atoms with Crippen LogP contribution >= 0.6 is 22.7 Å². The van der Waals surface area contributed by atoms with Crippen LogP contribution in [0.25, 0.3) is 10.1 Å². The van der Waals surface area contributed by atoms with Crippen LogP contribution in [0.1, 0.15) is 37.1 Å². The summed E-state index contributed by atoms with van der Waals surface area (Å²) >= 11 is 3.62. The van der Waals surface area contributed by atoms with Gasteiger partial charge in [0.1, 0.15) is 0 Å². The summed E-state index contributed by atoms with van der Waals surface area (Å²) in [6, 6.07) is 15.7. The molecule has 0 N–H and O–H groups in total. The molecule has 4 rings (SSSR count). The highest BCUT2D eigenvalue weighted by Crippen LogP contribution is 2.42. The number of hydrogen-bond acceptors (Lipinski definition) is 5. The topological polar surface area (TPSA) is 30.3 Å². The number of piperazine rings is 1. The fourth-order valence-corrected chi connectivity index (χ4v) is 6.47. The first-order chi connectivity index (χ1) is 14.6. The highest BCUT2D eigenvalue weighted by Gasteiger charge is 2.37. The standard InChI is InChI=1S/C25H31N3S2/c1-20(2)25(19-26,23-18-30-24-9-4-3-8-22(23)24)10-6-11-27-12-14-28(15-13-27)17-21-7-5-16-29-21/h3-5,7-9,16,18,20H,6,10-15,17H2,1-2H3. The van der Waals surface area contributed by atoms with E-state index in [9.17, 15) is 5.26 Å². The molecule has 1 fully saturated rings. The minimum atomic E-state index is -0.402. The molecule has 0 saturated carbocycles. The zero-order valence-electron chi connectivity index (χ0n) is 18.0. The molecule has 0 radical (unpaired) electrons. The van der Waals surface area contributed by atoms with E-state index in [4.69, 9.17) is 0 Å². The smallest absolute Gasteiger partial charge is 0.0859 e. The molecule has 1 atom stereocenters. The maximum Gasteiger partial charge on any atom is 0.0859 e. The second kappa shape index (κ2) is 9.62. The Morgan fingerprint density at radius 1 is 1.03 bits per heavy atom. The Balaban J connectivity index is 1.36. The van der Waals surface area contributed by atoms with Crippen molar-refractivity contribution < 1.29 is 0 Å². The molecule has 0 spiro atoms. The maximum absolute atomic E-state index is 10.3. The molecule has 3 aromatic rings. The highest BCUT2D eigenvalue weighted by atomic mass is 32.1. The number of thiophene rings is 2. The molecule has 1 aliphatic heterocycles. The Labute approximate surface area is 188 Å². The zero-order chi connectivity index (χ0) is 21.0. The molecule has 1 saturated heterocycles. The van der Waals surface area contributed by atoms with Crippen LogP contribution in [0.15, 0.2) is 47.2 Å². The van der Waals surface area contributed by atoms with E-state index in [1.807, 2.05) is 11.3 Å². The van der Waals surface area contributed by atoms with Crippen molar-refractivity contribution in [2.75, 3.05) is 32.7 Å². The molecule has 30 heavy (non-hydrogen) atoms. The van der Waals surface area contributed by atoms with Crippen LogP contribution in [0.2, 0.25) is 0 Å². The van der Waals surface area contributed by atoms with Gasteiger partial charge in [-0.1, -0.05) is 38.1 Å². The molecule has 5 heteroatoms. The fourth-order valence-electron chi connectivity index (χ4n) is 4.68. The predicted octanol–water partition coefficient (Wildman–Crippen LogP) is 5.98. The van der Waals surface area contributed by atoms with Crippen molar-refractivity contribution in [2.24, 2.45) is 5.92 Å². The van der Waals surface area contributed by atoms with Gasteiger partial charge in [0.25, 0.3) is 0 Å². The number of fused-ring (bicyclic) bond motifs is 1. The lowest BCUT2D eigenvalue weighted by Crippen LogP contribution is -2.46. The first-order valence-corrected chi connectivity index (χ1v) is 12.7. The molecule has 0 amide bonds. The van der Waals surface area contributed by atoms with Gasteiger partial charge in [-0.3, -0.25) is 4.90 Å². The van der Waals surface area contributed by atoms with E-state index < -0.39 is 5.41 Å². The van der Waals surface area contributed by atoms with Gasteiger partial charge in [0, 0.05) is 42.3 Å². The average Bonchev–Trinajstić information content (AvgIpc) is 3.43. The molecule has 0 aliphatic carbocycles. The minimum Gasteiger partial charge on any atom is -0.301 e. The monoisotopic (exact) mass is 437 g/mol. The SMILES string of the molecule is CC(C)C(C#N)(CCCN1CCN(Cc2cccs2)CC1)c1csc2ccccc12. The van der Waals surface area contributed by atoms with Gasteiger partial charge in [0.2, 0.25) is 0 Å². The van der Waals surface area contributed by atoms with Gasteiger partial charge >= 0.3 is 0 Å². The average molecular weight is 438 g/mol. The molecular formula is C25H31N3S2. The Kier molecular flexibility index (Phi) is 6.90. The third-order valence-electron chi connectivity index (χ3n) is 6.62. The lowest BCUT2D eigenvalue weighted by Gasteiger charge is -2.36. The molecule has 1 aromatic carbocycles. The molecular weight excluding hydrogens is 406 g/mol. The predicted molar refractivity (Wildman–Crippen MR) is 129 cm³/mol. The van der Waals surface area contributed by atoms with Crippen molar-refractivity contribution in [1.29, 1.82) is 5.26 Å². The van der Waals surface area contributed by atoms with Crippen molar-refractivity contribution in [3.8, 4) is 6.07 Å². The lowest BCUT2D eigenvalue weighted by atomic mass is 9.70. The number of hydrogen-bond donors (Lipinski definition) is 0. The van der Waals surface area contributed by atoms with E-state index >= 15 is 0 Å². The fraction of sp³-hybridized carbons (Fsp3) is 0.480. The lowest BCUT2D eigenvalue weighted by molar-refractivity contribution is 0.124. The maximum atomic E-state index is 10.3. The summed E-state index contributed by atoms with van der Waals surface area (Å²) in [5.74, 6) is 0.295. The van der Waals surface area contributed by atoms with Gasteiger partial charge in [-0.15, -0.1) is 22.7 Å². The van der Waals surface area contributed by atoms with E-state index in [0.717, 1.165) is 52.1 Å². The quantitative estimate of drug-likeness (QED) is 0.434. The van der Waals surface area contributed by atoms with Crippen LogP contribution in [0, 0.1) is 17.2 Å². The summed E-state index contributed by atoms with van der Waals surface area (Å²) in [7, 11) is 0. The summed E-state index contributed by atoms with van der Waals surface area (Å²) in [6.07, 6.45) is 2.00. The van der Waals surface area contributed by atoms with E-state index in [1.165, 1.54) is 20.5 Å². The summed E-state index contributed by atoms with van der Waals surface area (Å²) in [6.45, 7) is 11.1. The summed E-state index contributed by atoms with van der Waals surface area (Å²) < 4.78 is 1.29. The highest BCUT2D eigenvalue weighted by molar-refractivity contribution is 7.17. The normalized spacial score (nSPS) is 17.9. The van der Waals surface area contributed by atoms with Gasteiger partial charge in [-0.05, 0) is 59.1 Å². The van der Waals surface area contributed by atoms with E-state index in [0.29, 0.717) is 5.92 Å². The molecule has 3 heterocycles. The van der Waals surface area contributed by atoms with Gasteiger partial charge in [0.05, 0.1) is 11.5 Å². The van der Waals surface area contributed by atoms with Gasteiger partial charge < -0.3 is 4.90 Å². The van der Waals surface area contributed by atoms with E-state index in [-0.39, 0.29) is 0 Å². The van der Waals surface area contributed by atoms with Crippen molar-refractivity contribution in [3.05, 3.63) is 57.6 Å². The summed E-state index contributed by atoms with van der Waals surface area (Å²) in [5, 5.41) is 16.0. The van der Waals surface area contributed by atoms with Crippen LogP contribution in [0.5, 0.6) is 0 Å². The zero-order valence-corrected chi connectivity index (χ0v) is 19.6. The molecule has 1 unspecified atom stereocenters. The van der Waals surface area contributed by atoms with E-state index in [2.05, 4.69) is 76.9 Å². The second-order valence-electron chi connectivity index (χ2n) is 8.68. The molecule has 1 aliphatic rings. The van der Waals surface area contributed by atoms with Crippen molar-refractivity contribution in [2.45, 2.75) is 38.6 Å². The number of nitriles is 1. The van der Waals surface area contributed by atoms with Crippen LogP contribution in [0.4, 0.5) is 0 Å². The first-order valence-electron chi connectivity index (χ1n) is 11.0. The van der Waals surface area contributed by atoms with Crippen LogP contribution in [0.3, 0.4) is 0 Å². The van der Waals surface area contributed by atoms with Gasteiger partial charge in [-0.25, -0.2) is 0 Å². The molecule has 158 valence electrons. The largest absolute Gasteiger partial charge is 0.301 e. The first kappa shape index (κ1) is 21.5. The van der Waals surface area contributed by atoms with Crippen LogP contribution in [-0.2, 0) is 12.0 Å². The van der Waals surface area contributed by atoms with Gasteiger partial charge in [-0.2, -0.15) is 5.26 Å². The third-order valence-corrected chi connectivity index (χ3v) is 8.44. The van der Waals surface area contributed by atoms with E-state index in [1.54, 1.807) is 11.3 Å². The molecule has 2 aromatic heterocycles. The summed E-state index contributed by atoms with van der Waals surface area (Å²) in [4.78, 5) is 6.61.